The van der Waals surface area contributed by atoms with Crippen molar-refractivity contribution in [3.05, 3.63) is 64.8 Å². The number of anilines is 2. The van der Waals surface area contributed by atoms with Crippen LogP contribution in [0.2, 0.25) is 0 Å². The van der Waals surface area contributed by atoms with E-state index in [4.69, 9.17) is 18.8 Å². The van der Waals surface area contributed by atoms with Crippen LogP contribution in [0.3, 0.4) is 0 Å². The standard InChI is InChI=1S/C25H27FN4O2S/c1-15-12-17(10-11-20(15)27-7)29-22(32)25(5,6)30(23(29)33)18-9-8-16(19(26)13-18)14-28-21(31)24(2,3)4/h8-13H,14H2,1-6H3,(H,28,31). The highest BCUT2D eigenvalue weighted by Gasteiger charge is 2.50. The van der Waals surface area contributed by atoms with Gasteiger partial charge in [-0.25, -0.2) is 9.24 Å². The van der Waals surface area contributed by atoms with Crippen LogP contribution < -0.4 is 15.1 Å². The van der Waals surface area contributed by atoms with Crippen molar-refractivity contribution in [2.45, 2.75) is 53.6 Å². The number of rotatable bonds is 4. The average molecular weight is 467 g/mol. The predicted octanol–water partition coefficient (Wildman–Crippen LogP) is 5.26. The van der Waals surface area contributed by atoms with E-state index in [0.717, 1.165) is 5.56 Å². The number of carbonyl (C=O) groups excluding carboxylic acids is 2. The fraction of sp³-hybridized carbons (Fsp3) is 0.360. The second-order valence-corrected chi connectivity index (χ2v) is 9.97. The number of carbonyl (C=O) groups is 2. The van der Waals surface area contributed by atoms with Gasteiger partial charge < -0.3 is 10.2 Å². The molecule has 33 heavy (non-hydrogen) atoms. The molecule has 0 unspecified atom stereocenters. The molecular weight excluding hydrogens is 439 g/mol. The van der Waals surface area contributed by atoms with Gasteiger partial charge in [0.25, 0.3) is 5.91 Å². The minimum Gasteiger partial charge on any atom is -0.351 e. The first kappa shape index (κ1) is 24.3. The highest BCUT2D eigenvalue weighted by atomic mass is 32.1. The van der Waals surface area contributed by atoms with Crippen LogP contribution in [0.25, 0.3) is 4.85 Å². The van der Waals surface area contributed by atoms with E-state index in [9.17, 15) is 14.0 Å². The number of amides is 2. The van der Waals surface area contributed by atoms with Gasteiger partial charge in [0.2, 0.25) is 5.91 Å². The van der Waals surface area contributed by atoms with E-state index in [1.807, 2.05) is 0 Å². The Bertz CT molecular complexity index is 1190. The first-order valence-corrected chi connectivity index (χ1v) is 10.9. The van der Waals surface area contributed by atoms with Gasteiger partial charge in [0.05, 0.1) is 6.57 Å². The van der Waals surface area contributed by atoms with Gasteiger partial charge in [-0.15, -0.1) is 0 Å². The Balaban J connectivity index is 1.91. The van der Waals surface area contributed by atoms with E-state index in [1.54, 1.807) is 76.8 Å². The highest BCUT2D eigenvalue weighted by molar-refractivity contribution is 7.81. The largest absolute Gasteiger partial charge is 0.351 e. The van der Waals surface area contributed by atoms with Crippen molar-refractivity contribution < 1.29 is 14.0 Å². The van der Waals surface area contributed by atoms with E-state index in [0.29, 0.717) is 22.6 Å². The molecule has 2 amide bonds. The summed E-state index contributed by atoms with van der Waals surface area (Å²) in [6.45, 7) is 17.9. The SMILES string of the molecule is [C-]#[N+]c1ccc(N2C(=O)C(C)(C)N(c3ccc(CNC(=O)C(C)(C)C)c(F)c3)C2=S)cc1C. The summed E-state index contributed by atoms with van der Waals surface area (Å²) in [6, 6.07) is 9.71. The van der Waals surface area contributed by atoms with E-state index >= 15 is 0 Å². The molecule has 1 N–H and O–H groups in total. The second-order valence-electron chi connectivity index (χ2n) is 9.61. The number of benzene rings is 2. The van der Waals surface area contributed by atoms with Gasteiger partial charge in [-0.05, 0) is 62.8 Å². The van der Waals surface area contributed by atoms with Crippen LogP contribution in [0, 0.1) is 24.7 Å². The zero-order valence-electron chi connectivity index (χ0n) is 19.6. The molecule has 0 saturated carbocycles. The van der Waals surface area contributed by atoms with Gasteiger partial charge in [-0.3, -0.25) is 14.5 Å². The van der Waals surface area contributed by atoms with Gasteiger partial charge in [0.1, 0.15) is 11.4 Å². The quantitative estimate of drug-likeness (QED) is 0.493. The number of hydrogen-bond acceptors (Lipinski definition) is 3. The summed E-state index contributed by atoms with van der Waals surface area (Å²) in [7, 11) is 0. The number of nitrogens with one attached hydrogen (secondary N) is 1. The van der Waals surface area contributed by atoms with Crippen LogP contribution in [-0.4, -0.2) is 22.5 Å². The number of aryl methyl sites for hydroxylation is 1. The van der Waals surface area contributed by atoms with Crippen molar-refractivity contribution in [2.75, 3.05) is 9.80 Å². The maximum absolute atomic E-state index is 14.9. The number of thiocarbonyl (C=S) groups is 1. The Morgan fingerprint density at radius 2 is 1.82 bits per heavy atom. The molecule has 1 heterocycles. The van der Waals surface area contributed by atoms with Crippen molar-refractivity contribution in [3.8, 4) is 0 Å². The van der Waals surface area contributed by atoms with Crippen LogP contribution in [0.1, 0.15) is 45.7 Å². The fourth-order valence-corrected chi connectivity index (χ4v) is 4.14. The predicted molar refractivity (Wildman–Crippen MR) is 132 cm³/mol. The molecule has 2 aromatic rings. The molecule has 2 aromatic carbocycles. The molecule has 1 aliphatic heterocycles. The summed E-state index contributed by atoms with van der Waals surface area (Å²) >= 11 is 5.65. The van der Waals surface area contributed by atoms with Crippen LogP contribution >= 0.6 is 12.2 Å². The van der Waals surface area contributed by atoms with Crippen LogP contribution in [0.4, 0.5) is 21.5 Å². The molecule has 6 nitrogen and oxygen atoms in total. The molecular formula is C25H27FN4O2S. The van der Waals surface area contributed by atoms with E-state index in [1.165, 1.54) is 11.0 Å². The lowest BCUT2D eigenvalue weighted by Gasteiger charge is -2.29. The molecule has 8 heteroatoms. The highest BCUT2D eigenvalue weighted by Crippen LogP contribution is 2.38. The Morgan fingerprint density at radius 1 is 1.18 bits per heavy atom. The summed E-state index contributed by atoms with van der Waals surface area (Å²) < 4.78 is 14.9. The maximum Gasteiger partial charge on any atom is 0.259 e. The number of halogens is 1. The first-order chi connectivity index (χ1) is 15.3. The van der Waals surface area contributed by atoms with Gasteiger partial charge in [-0.1, -0.05) is 32.9 Å². The summed E-state index contributed by atoms with van der Waals surface area (Å²) in [4.78, 5) is 31.9. The summed E-state index contributed by atoms with van der Waals surface area (Å²) in [5.74, 6) is -0.915. The number of nitrogens with zero attached hydrogens (tertiary/aromatic N) is 3. The molecule has 172 valence electrons. The van der Waals surface area contributed by atoms with Gasteiger partial charge >= 0.3 is 0 Å². The fourth-order valence-electron chi connectivity index (χ4n) is 3.62. The lowest BCUT2D eigenvalue weighted by Crippen LogP contribution is -2.44. The molecule has 0 aromatic heterocycles. The molecule has 3 rings (SSSR count). The van der Waals surface area contributed by atoms with E-state index in [-0.39, 0.29) is 23.5 Å². The van der Waals surface area contributed by atoms with Gasteiger partial charge in [0.15, 0.2) is 10.8 Å². The van der Waals surface area contributed by atoms with Crippen LogP contribution in [-0.2, 0) is 16.1 Å². The van der Waals surface area contributed by atoms with Crippen LogP contribution in [0.5, 0.6) is 0 Å². The molecule has 1 saturated heterocycles. The first-order valence-electron chi connectivity index (χ1n) is 10.5. The Hall–Kier alpha value is -3.31. The monoisotopic (exact) mass is 466 g/mol. The lowest BCUT2D eigenvalue weighted by atomic mass is 9.95. The van der Waals surface area contributed by atoms with E-state index < -0.39 is 16.8 Å². The lowest BCUT2D eigenvalue weighted by molar-refractivity contribution is -0.128. The summed E-state index contributed by atoms with van der Waals surface area (Å²) in [6.07, 6.45) is 0. The third-order valence-electron chi connectivity index (χ3n) is 5.64. The topological polar surface area (TPSA) is 57.0 Å². The van der Waals surface area contributed by atoms with Gasteiger partial charge in [-0.2, -0.15) is 0 Å². The second kappa shape index (κ2) is 8.56. The van der Waals surface area contributed by atoms with Crippen molar-refractivity contribution in [2.24, 2.45) is 5.41 Å². The minimum absolute atomic E-state index is 0.0633. The van der Waals surface area contributed by atoms with Crippen molar-refractivity contribution >= 4 is 46.2 Å². The minimum atomic E-state index is -1.04. The van der Waals surface area contributed by atoms with Crippen molar-refractivity contribution in [1.82, 2.24) is 5.32 Å². The zero-order chi connectivity index (χ0) is 24.7. The molecule has 0 atom stereocenters. The molecule has 0 radical (unpaired) electrons. The molecule has 0 spiro atoms. The third-order valence-corrected chi connectivity index (χ3v) is 6.01. The Morgan fingerprint density at radius 3 is 2.36 bits per heavy atom. The smallest absolute Gasteiger partial charge is 0.259 e. The average Bonchev–Trinajstić information content (AvgIpc) is 2.90. The van der Waals surface area contributed by atoms with E-state index in [2.05, 4.69) is 10.2 Å². The Labute approximate surface area is 199 Å². The number of hydrogen-bond donors (Lipinski definition) is 1. The molecule has 0 aliphatic carbocycles. The molecule has 1 fully saturated rings. The normalized spacial score (nSPS) is 15.6. The summed E-state index contributed by atoms with van der Waals surface area (Å²) in [5, 5.41) is 2.97. The van der Waals surface area contributed by atoms with Crippen molar-refractivity contribution in [3.63, 3.8) is 0 Å². The Kier molecular flexibility index (Phi) is 6.31. The van der Waals surface area contributed by atoms with Gasteiger partial charge in [0, 0.05) is 28.9 Å². The van der Waals surface area contributed by atoms with Crippen LogP contribution in [0.15, 0.2) is 36.4 Å². The summed E-state index contributed by atoms with van der Waals surface area (Å²) in [5.41, 5.74) is 0.972. The molecule has 0 bridgehead atoms. The zero-order valence-corrected chi connectivity index (χ0v) is 20.4. The molecule has 1 aliphatic rings. The maximum atomic E-state index is 14.9. The van der Waals surface area contributed by atoms with Crippen molar-refractivity contribution in [1.29, 1.82) is 0 Å². The third kappa shape index (κ3) is 4.46.